The van der Waals surface area contributed by atoms with Gasteiger partial charge in [0, 0.05) is 17.7 Å². The first kappa shape index (κ1) is 20.0. The fourth-order valence-electron chi connectivity index (χ4n) is 3.00. The Kier molecular flexibility index (Phi) is 5.10. The van der Waals surface area contributed by atoms with Crippen LogP contribution in [0, 0.1) is 10.1 Å². The van der Waals surface area contributed by atoms with Gasteiger partial charge in [-0.25, -0.2) is 9.69 Å². The van der Waals surface area contributed by atoms with Gasteiger partial charge in [-0.05, 0) is 36.4 Å². The Morgan fingerprint density at radius 3 is 2.45 bits per heavy atom. The van der Waals surface area contributed by atoms with E-state index in [1.54, 1.807) is 36.4 Å². The molecule has 0 aliphatic carbocycles. The van der Waals surface area contributed by atoms with Gasteiger partial charge >= 0.3 is 6.03 Å². The van der Waals surface area contributed by atoms with E-state index in [0.29, 0.717) is 11.3 Å². The molecular weight excluding hydrogens is 426 g/mol. The van der Waals surface area contributed by atoms with Gasteiger partial charge in [0.25, 0.3) is 17.5 Å². The van der Waals surface area contributed by atoms with E-state index in [2.05, 4.69) is 5.32 Å². The first-order valence-electron chi connectivity index (χ1n) is 8.86. The molecule has 154 valence electrons. The maximum atomic E-state index is 12.8. The van der Waals surface area contributed by atoms with Crippen LogP contribution in [-0.4, -0.2) is 22.8 Å². The summed E-state index contributed by atoms with van der Waals surface area (Å²) in [5.41, 5.74) is 0.246. The summed E-state index contributed by atoms with van der Waals surface area (Å²) >= 11 is 6.12. The predicted octanol–water partition coefficient (Wildman–Crippen LogP) is 4.17. The number of nitro benzene ring substituents is 1. The lowest BCUT2D eigenvalue weighted by Crippen LogP contribution is -2.54. The van der Waals surface area contributed by atoms with Gasteiger partial charge in [0.05, 0.1) is 15.6 Å². The first-order valence-corrected chi connectivity index (χ1v) is 9.23. The van der Waals surface area contributed by atoms with Gasteiger partial charge in [-0.2, -0.15) is 0 Å². The van der Waals surface area contributed by atoms with Crippen LogP contribution in [0.15, 0.2) is 70.7 Å². The fraction of sp³-hybridized carbons (Fsp3) is 0. The number of para-hydroxylation sites is 1. The number of hydrogen-bond acceptors (Lipinski definition) is 6. The molecule has 1 fully saturated rings. The molecule has 1 aliphatic rings. The number of barbiturate groups is 1. The highest BCUT2D eigenvalue weighted by atomic mass is 35.5. The zero-order chi connectivity index (χ0) is 22.1. The monoisotopic (exact) mass is 437 g/mol. The molecule has 0 unspecified atom stereocenters. The number of carbonyl (C=O) groups excluding carboxylic acids is 3. The smallest absolute Gasteiger partial charge is 0.335 e. The lowest BCUT2D eigenvalue weighted by molar-refractivity contribution is -0.384. The average Bonchev–Trinajstić information content (AvgIpc) is 3.20. The van der Waals surface area contributed by atoms with E-state index in [-0.39, 0.29) is 27.8 Å². The fourth-order valence-corrected chi connectivity index (χ4v) is 3.27. The topological polar surface area (TPSA) is 123 Å². The van der Waals surface area contributed by atoms with Crippen molar-refractivity contribution in [3.05, 3.63) is 87.1 Å². The van der Waals surface area contributed by atoms with Gasteiger partial charge in [-0.3, -0.25) is 25.0 Å². The van der Waals surface area contributed by atoms with Gasteiger partial charge in [0.1, 0.15) is 17.1 Å². The number of nitrogens with one attached hydrogen (secondary N) is 1. The Hall–Kier alpha value is -4.24. The Balaban J connectivity index is 1.67. The van der Waals surface area contributed by atoms with Gasteiger partial charge in [0.2, 0.25) is 0 Å². The van der Waals surface area contributed by atoms with Gasteiger partial charge in [-0.1, -0.05) is 29.8 Å². The molecule has 4 rings (SSSR count). The molecule has 0 radical (unpaired) electrons. The van der Waals surface area contributed by atoms with Crippen molar-refractivity contribution in [3.63, 3.8) is 0 Å². The van der Waals surface area contributed by atoms with Crippen molar-refractivity contribution in [2.75, 3.05) is 4.90 Å². The Labute approximate surface area is 179 Å². The third kappa shape index (κ3) is 3.81. The Morgan fingerprint density at radius 2 is 1.77 bits per heavy atom. The van der Waals surface area contributed by atoms with Crippen molar-refractivity contribution in [2.45, 2.75) is 0 Å². The number of rotatable bonds is 4. The molecule has 0 saturated carbocycles. The predicted molar refractivity (Wildman–Crippen MR) is 111 cm³/mol. The minimum absolute atomic E-state index is 0.107. The molecule has 1 aliphatic heterocycles. The number of nitrogens with zero attached hydrogens (tertiary/aromatic N) is 2. The summed E-state index contributed by atoms with van der Waals surface area (Å²) in [4.78, 5) is 48.4. The SMILES string of the molecule is O=C1NC(=O)N(c2ccccc2)C(=O)/C1=C\c1ccc(-c2ccc([N+](=O)[O-])cc2Cl)o1. The maximum Gasteiger partial charge on any atom is 0.335 e. The van der Waals surface area contributed by atoms with Gasteiger partial charge in [-0.15, -0.1) is 0 Å². The van der Waals surface area contributed by atoms with Crippen molar-refractivity contribution in [2.24, 2.45) is 0 Å². The van der Waals surface area contributed by atoms with E-state index in [4.69, 9.17) is 16.0 Å². The summed E-state index contributed by atoms with van der Waals surface area (Å²) in [6, 6.07) is 14.3. The lowest BCUT2D eigenvalue weighted by Gasteiger charge is -2.26. The standard InChI is InChI=1S/C21H12ClN3O6/c22-17-10-13(25(29)30)6-8-15(17)18-9-7-14(31-18)11-16-19(26)23-21(28)24(20(16)27)12-4-2-1-3-5-12/h1-11H,(H,23,26,28)/b16-11-. The normalized spacial score (nSPS) is 15.3. The molecule has 3 aromatic rings. The molecule has 0 bridgehead atoms. The highest BCUT2D eigenvalue weighted by Crippen LogP contribution is 2.33. The molecular formula is C21H12ClN3O6. The van der Waals surface area contributed by atoms with Crippen LogP contribution in [0.1, 0.15) is 5.76 Å². The van der Waals surface area contributed by atoms with E-state index in [9.17, 15) is 24.5 Å². The van der Waals surface area contributed by atoms with Crippen LogP contribution in [0.5, 0.6) is 0 Å². The number of imide groups is 2. The van der Waals surface area contributed by atoms with Crippen molar-refractivity contribution >= 4 is 46.9 Å². The zero-order valence-electron chi connectivity index (χ0n) is 15.6. The third-order valence-corrected chi connectivity index (χ3v) is 4.77. The maximum absolute atomic E-state index is 12.8. The minimum Gasteiger partial charge on any atom is -0.457 e. The Morgan fingerprint density at radius 1 is 1.03 bits per heavy atom. The number of non-ortho nitro benzene ring substituents is 1. The second-order valence-corrected chi connectivity index (χ2v) is 6.82. The van der Waals surface area contributed by atoms with Crippen molar-refractivity contribution < 1.29 is 23.7 Å². The molecule has 10 heteroatoms. The van der Waals surface area contributed by atoms with Crippen LogP contribution < -0.4 is 10.2 Å². The van der Waals surface area contributed by atoms with Gasteiger partial charge < -0.3 is 4.42 Å². The highest BCUT2D eigenvalue weighted by Gasteiger charge is 2.37. The van der Waals surface area contributed by atoms with Crippen LogP contribution in [0.25, 0.3) is 17.4 Å². The highest BCUT2D eigenvalue weighted by molar-refractivity contribution is 6.39. The van der Waals surface area contributed by atoms with Crippen LogP contribution in [0.2, 0.25) is 5.02 Å². The van der Waals surface area contributed by atoms with Crippen LogP contribution in [0.3, 0.4) is 0 Å². The number of urea groups is 1. The molecule has 31 heavy (non-hydrogen) atoms. The number of benzene rings is 2. The lowest BCUT2D eigenvalue weighted by atomic mass is 10.1. The van der Waals surface area contributed by atoms with Crippen LogP contribution in [-0.2, 0) is 9.59 Å². The summed E-state index contributed by atoms with van der Waals surface area (Å²) in [5.74, 6) is -1.21. The number of nitro groups is 1. The molecule has 2 aromatic carbocycles. The van der Waals surface area contributed by atoms with Crippen LogP contribution in [0.4, 0.5) is 16.2 Å². The number of furan rings is 1. The summed E-state index contributed by atoms with van der Waals surface area (Å²) in [5, 5.41) is 13.1. The van der Waals surface area contributed by atoms with E-state index in [0.717, 1.165) is 4.90 Å². The Bertz CT molecular complexity index is 1270. The van der Waals surface area contributed by atoms with Crippen LogP contribution >= 0.6 is 11.6 Å². The first-order chi connectivity index (χ1) is 14.8. The molecule has 4 amide bonds. The molecule has 1 aromatic heterocycles. The van der Waals surface area contributed by atoms with Crippen molar-refractivity contribution in [1.29, 1.82) is 0 Å². The number of hydrogen-bond donors (Lipinski definition) is 1. The third-order valence-electron chi connectivity index (χ3n) is 4.46. The van der Waals surface area contributed by atoms with E-state index in [1.165, 1.54) is 30.3 Å². The van der Waals surface area contributed by atoms with E-state index < -0.39 is 22.8 Å². The average molecular weight is 438 g/mol. The summed E-state index contributed by atoms with van der Waals surface area (Å²) in [6.45, 7) is 0. The molecule has 9 nitrogen and oxygen atoms in total. The van der Waals surface area contributed by atoms with Gasteiger partial charge in [0.15, 0.2) is 0 Å². The number of anilines is 1. The summed E-state index contributed by atoms with van der Waals surface area (Å²) in [7, 11) is 0. The summed E-state index contributed by atoms with van der Waals surface area (Å²) < 4.78 is 5.65. The summed E-state index contributed by atoms with van der Waals surface area (Å²) in [6.07, 6.45) is 1.21. The van der Waals surface area contributed by atoms with E-state index in [1.807, 2.05) is 0 Å². The quantitative estimate of drug-likeness (QED) is 0.283. The van der Waals surface area contributed by atoms with Crippen molar-refractivity contribution in [1.82, 2.24) is 5.32 Å². The second kappa shape index (κ2) is 7.88. The molecule has 1 N–H and O–H groups in total. The number of amides is 4. The van der Waals surface area contributed by atoms with Crippen molar-refractivity contribution in [3.8, 4) is 11.3 Å². The molecule has 0 atom stereocenters. The largest absolute Gasteiger partial charge is 0.457 e. The molecule has 0 spiro atoms. The minimum atomic E-state index is -0.853. The van der Waals surface area contributed by atoms with E-state index >= 15 is 0 Å². The second-order valence-electron chi connectivity index (χ2n) is 6.42. The molecule has 1 saturated heterocycles. The molecule has 2 heterocycles. The number of halogens is 1. The zero-order valence-corrected chi connectivity index (χ0v) is 16.3. The number of carbonyl (C=O) groups is 3.